The van der Waals surface area contributed by atoms with Gasteiger partial charge in [0.2, 0.25) is 0 Å². The summed E-state index contributed by atoms with van der Waals surface area (Å²) in [4.78, 5) is 25.9. The van der Waals surface area contributed by atoms with Crippen LogP contribution in [0.3, 0.4) is 0 Å². The van der Waals surface area contributed by atoms with Gasteiger partial charge < -0.3 is 15.4 Å². The maximum Gasteiger partial charge on any atom is 0.299 e. The van der Waals surface area contributed by atoms with Gasteiger partial charge in [0.15, 0.2) is 0 Å². The van der Waals surface area contributed by atoms with Crippen molar-refractivity contribution in [2.45, 2.75) is 32.6 Å². The molecule has 1 aliphatic rings. The molecule has 1 saturated carbocycles. The van der Waals surface area contributed by atoms with E-state index in [1.807, 2.05) is 0 Å². The van der Waals surface area contributed by atoms with Crippen molar-refractivity contribution >= 4 is 11.6 Å². The molecule has 0 unspecified atom stereocenters. The van der Waals surface area contributed by atoms with E-state index >= 15 is 0 Å². The van der Waals surface area contributed by atoms with Crippen molar-refractivity contribution in [1.29, 1.82) is 0 Å². The van der Waals surface area contributed by atoms with Crippen molar-refractivity contribution in [2.24, 2.45) is 11.8 Å². The lowest BCUT2D eigenvalue weighted by molar-refractivity contribution is -0.505. The van der Waals surface area contributed by atoms with Crippen LogP contribution >= 0.6 is 0 Å². The highest BCUT2D eigenvalue weighted by Crippen LogP contribution is 2.27. The standard InChI is InChI=1S/C14H21N3O3/c1-10-2-4-11(5-3-10)7-16-14(19)13-6-12(8-15-13)17(20)9-18/h6,8,10-11,18H,2-5,7,9H2,1H3,(H-,15,16,19,20)/p+1. The lowest BCUT2D eigenvalue weighted by Crippen LogP contribution is -2.31. The zero-order valence-electron chi connectivity index (χ0n) is 11.8. The molecule has 1 heterocycles. The summed E-state index contributed by atoms with van der Waals surface area (Å²) in [6.07, 6.45) is 6.20. The Morgan fingerprint density at radius 2 is 2.15 bits per heavy atom. The van der Waals surface area contributed by atoms with Gasteiger partial charge in [-0.2, -0.15) is 0 Å². The third-order valence-electron chi connectivity index (χ3n) is 4.02. The summed E-state index contributed by atoms with van der Waals surface area (Å²) >= 11 is 0. The molecule has 0 atom stereocenters. The second kappa shape index (κ2) is 6.65. The predicted octanol–water partition coefficient (Wildman–Crippen LogP) is 1.93. The zero-order chi connectivity index (χ0) is 14.5. The lowest BCUT2D eigenvalue weighted by atomic mass is 9.83. The Bertz CT molecular complexity index is 476. The number of amides is 1. The number of carbonyl (C=O) groups excluding carboxylic acids is 1. The molecule has 1 aromatic rings. The molecule has 0 radical (unpaired) electrons. The summed E-state index contributed by atoms with van der Waals surface area (Å²) < 4.78 is 0.413. The van der Waals surface area contributed by atoms with Gasteiger partial charge in [-0.15, -0.1) is 0 Å². The Balaban J connectivity index is 1.82. The first-order valence-corrected chi connectivity index (χ1v) is 7.12. The van der Waals surface area contributed by atoms with Crippen molar-refractivity contribution in [3.8, 4) is 0 Å². The Hall–Kier alpha value is -1.69. The highest BCUT2D eigenvalue weighted by atomic mass is 16.4. The van der Waals surface area contributed by atoms with E-state index in [1.165, 1.54) is 25.1 Å². The Labute approximate surface area is 118 Å². The number of aliphatic hydroxyl groups excluding tert-OH is 1. The number of aromatic amines is 1. The quantitative estimate of drug-likeness (QED) is 0.569. The van der Waals surface area contributed by atoms with Crippen LogP contribution < -0.4 is 5.32 Å². The monoisotopic (exact) mass is 280 g/mol. The van der Waals surface area contributed by atoms with E-state index in [-0.39, 0.29) is 11.6 Å². The first kappa shape index (κ1) is 14.7. The molecule has 0 spiro atoms. The Kier molecular flexibility index (Phi) is 4.89. The van der Waals surface area contributed by atoms with E-state index in [2.05, 4.69) is 17.2 Å². The molecule has 6 heteroatoms. The number of H-pyrrole nitrogens is 1. The van der Waals surface area contributed by atoms with E-state index in [0.29, 0.717) is 22.9 Å². The van der Waals surface area contributed by atoms with Crippen LogP contribution in [0.1, 0.15) is 43.1 Å². The highest BCUT2D eigenvalue weighted by Gasteiger charge is 2.21. The zero-order valence-corrected chi connectivity index (χ0v) is 11.8. The number of nitroso groups, excluding NO2 is 1. The molecule has 0 saturated heterocycles. The molecule has 0 aliphatic heterocycles. The van der Waals surface area contributed by atoms with Gasteiger partial charge in [0.25, 0.3) is 18.3 Å². The van der Waals surface area contributed by atoms with Crippen molar-refractivity contribution < 1.29 is 14.7 Å². The molecule has 1 aromatic heterocycles. The van der Waals surface area contributed by atoms with Crippen LogP contribution in [0.4, 0.5) is 5.69 Å². The fourth-order valence-corrected chi connectivity index (χ4v) is 2.61. The second-order valence-corrected chi connectivity index (χ2v) is 5.63. The number of aromatic nitrogens is 1. The number of nitrogens with one attached hydrogen (secondary N) is 2. The minimum absolute atomic E-state index is 0.207. The third kappa shape index (κ3) is 3.66. The molecule has 0 bridgehead atoms. The van der Waals surface area contributed by atoms with Crippen LogP contribution in [-0.2, 0) is 0 Å². The second-order valence-electron chi connectivity index (χ2n) is 5.63. The van der Waals surface area contributed by atoms with E-state index < -0.39 is 6.73 Å². The van der Waals surface area contributed by atoms with Gasteiger partial charge in [-0.05, 0) is 24.7 Å². The van der Waals surface area contributed by atoms with Gasteiger partial charge in [-0.3, -0.25) is 4.79 Å². The predicted molar refractivity (Wildman–Crippen MR) is 74.6 cm³/mol. The van der Waals surface area contributed by atoms with Crippen LogP contribution in [0.15, 0.2) is 12.3 Å². The number of carbonyl (C=O) groups is 1. The maximum atomic E-state index is 12.0. The average Bonchev–Trinajstić information content (AvgIpc) is 2.95. The first-order valence-electron chi connectivity index (χ1n) is 7.12. The van der Waals surface area contributed by atoms with Crippen LogP contribution in [-0.4, -0.2) is 34.0 Å². The van der Waals surface area contributed by atoms with Gasteiger partial charge in [-0.25, -0.2) is 0 Å². The van der Waals surface area contributed by atoms with Gasteiger partial charge in [0.05, 0.1) is 11.0 Å². The molecule has 1 aliphatic carbocycles. The molecule has 2 rings (SSSR count). The normalized spacial score (nSPS) is 22.5. The number of hydrogen-bond acceptors (Lipinski definition) is 3. The minimum atomic E-state index is -0.626. The van der Waals surface area contributed by atoms with Crippen LogP contribution in [0, 0.1) is 16.7 Å². The van der Waals surface area contributed by atoms with Gasteiger partial charge in [-0.1, -0.05) is 19.8 Å². The molecule has 20 heavy (non-hydrogen) atoms. The number of aliphatic hydroxyl groups is 1. The van der Waals surface area contributed by atoms with Gasteiger partial charge in [0, 0.05) is 17.5 Å². The van der Waals surface area contributed by atoms with E-state index in [9.17, 15) is 9.70 Å². The Morgan fingerprint density at radius 1 is 1.45 bits per heavy atom. The van der Waals surface area contributed by atoms with Crippen LogP contribution in [0.2, 0.25) is 0 Å². The molecule has 6 nitrogen and oxygen atoms in total. The largest absolute Gasteiger partial charge is 0.351 e. The maximum absolute atomic E-state index is 12.0. The van der Waals surface area contributed by atoms with Gasteiger partial charge >= 0.3 is 0 Å². The topological polar surface area (TPSA) is 85.2 Å². The molecule has 110 valence electrons. The summed E-state index contributed by atoms with van der Waals surface area (Å²) in [7, 11) is 0. The average molecular weight is 280 g/mol. The molecule has 0 aromatic carbocycles. The SMILES string of the molecule is CC1CCC(CNC(=O)c2cc([N+](=O)CO)c[nH]2)CC1. The van der Waals surface area contributed by atoms with E-state index in [0.717, 1.165) is 18.8 Å². The van der Waals surface area contributed by atoms with Crippen LogP contribution in [0.25, 0.3) is 0 Å². The van der Waals surface area contributed by atoms with E-state index in [1.54, 1.807) is 0 Å². The van der Waals surface area contributed by atoms with Gasteiger partial charge in [0.1, 0.15) is 5.69 Å². The van der Waals surface area contributed by atoms with Crippen LogP contribution in [0.5, 0.6) is 0 Å². The molecular formula is C14H22N3O3+. The minimum Gasteiger partial charge on any atom is -0.351 e. The molecule has 3 N–H and O–H groups in total. The first-order chi connectivity index (χ1) is 9.60. The summed E-state index contributed by atoms with van der Waals surface area (Å²) in [5.41, 5.74) is 0.600. The van der Waals surface area contributed by atoms with Crippen molar-refractivity contribution in [3.63, 3.8) is 0 Å². The smallest absolute Gasteiger partial charge is 0.299 e. The molecule has 1 fully saturated rings. The van der Waals surface area contributed by atoms with Crippen molar-refractivity contribution in [1.82, 2.24) is 10.3 Å². The summed E-state index contributed by atoms with van der Waals surface area (Å²) in [6.45, 7) is 2.32. The van der Waals surface area contributed by atoms with Crippen molar-refractivity contribution in [3.05, 3.63) is 22.9 Å². The fourth-order valence-electron chi connectivity index (χ4n) is 2.61. The molecule has 1 amide bonds. The lowest BCUT2D eigenvalue weighted by Gasteiger charge is -2.26. The van der Waals surface area contributed by atoms with E-state index in [4.69, 9.17) is 5.11 Å². The number of nitrogens with zero attached hydrogens (tertiary/aromatic N) is 1. The third-order valence-corrected chi connectivity index (χ3v) is 4.02. The highest BCUT2D eigenvalue weighted by molar-refractivity contribution is 5.93. The number of rotatable bonds is 5. The summed E-state index contributed by atoms with van der Waals surface area (Å²) in [5, 5.41) is 11.6. The van der Waals surface area contributed by atoms with Crippen molar-refractivity contribution in [2.75, 3.05) is 13.3 Å². The number of hydrogen-bond donors (Lipinski definition) is 3. The fraction of sp³-hybridized carbons (Fsp3) is 0.643. The molecular weight excluding hydrogens is 258 g/mol. The Morgan fingerprint density at radius 3 is 2.80 bits per heavy atom. The summed E-state index contributed by atoms with van der Waals surface area (Å²) in [6, 6.07) is 1.45. The summed E-state index contributed by atoms with van der Waals surface area (Å²) in [5.74, 6) is 1.15.